The second-order valence-corrected chi connectivity index (χ2v) is 4.93. The third kappa shape index (κ3) is 2.27. The zero-order valence-corrected chi connectivity index (χ0v) is 9.28. The number of piperidine rings is 1. The van der Waals surface area contributed by atoms with Gasteiger partial charge in [-0.25, -0.2) is 0 Å². The maximum Gasteiger partial charge on any atom is 0.0350 e. The molecule has 0 bridgehead atoms. The molecule has 0 radical (unpaired) electrons. The topological polar surface area (TPSA) is 32.5 Å². The molecule has 3 heteroatoms. The van der Waals surface area contributed by atoms with Crippen LogP contribution >= 0.6 is 0 Å². The first-order valence-corrected chi connectivity index (χ1v) is 5.92. The lowest BCUT2D eigenvalue weighted by atomic mass is 9.92. The van der Waals surface area contributed by atoms with E-state index < -0.39 is 0 Å². The van der Waals surface area contributed by atoms with E-state index in [2.05, 4.69) is 16.8 Å². The van der Waals surface area contributed by atoms with Gasteiger partial charge in [-0.3, -0.25) is 4.90 Å². The van der Waals surface area contributed by atoms with Gasteiger partial charge in [-0.2, -0.15) is 0 Å². The van der Waals surface area contributed by atoms with E-state index in [1.54, 1.807) is 0 Å². The Bertz CT molecular complexity index is 169. The fraction of sp³-hybridized carbons (Fsp3) is 1.00. The van der Waals surface area contributed by atoms with Gasteiger partial charge in [0.15, 0.2) is 0 Å². The van der Waals surface area contributed by atoms with Crippen molar-refractivity contribution in [3.8, 4) is 0 Å². The lowest BCUT2D eigenvalue weighted by molar-refractivity contribution is 0.0288. The molecule has 2 heterocycles. The van der Waals surface area contributed by atoms with Gasteiger partial charge < -0.3 is 10.6 Å². The molecule has 0 saturated carbocycles. The highest BCUT2D eigenvalue weighted by Crippen LogP contribution is 2.23. The molecular formula is C11H23N3. The molecule has 0 unspecified atom stereocenters. The summed E-state index contributed by atoms with van der Waals surface area (Å²) in [6, 6.07) is 0.860. The number of hydrogen-bond donors (Lipinski definition) is 1. The summed E-state index contributed by atoms with van der Waals surface area (Å²) >= 11 is 0. The zero-order chi connectivity index (χ0) is 9.97. The minimum absolute atomic E-state index is 0.860. The molecule has 2 fully saturated rings. The first-order chi connectivity index (χ1) is 6.79. The molecule has 2 aliphatic heterocycles. The summed E-state index contributed by atoms with van der Waals surface area (Å²) in [5, 5.41) is 0. The van der Waals surface area contributed by atoms with Crippen molar-refractivity contribution in [2.24, 2.45) is 11.7 Å². The van der Waals surface area contributed by atoms with Crippen LogP contribution in [0, 0.1) is 5.92 Å². The van der Waals surface area contributed by atoms with Crippen molar-refractivity contribution in [2.75, 3.05) is 39.8 Å². The van der Waals surface area contributed by atoms with Crippen LogP contribution in [-0.2, 0) is 0 Å². The molecule has 0 aromatic carbocycles. The van der Waals surface area contributed by atoms with E-state index in [-0.39, 0.29) is 0 Å². The average molecular weight is 197 g/mol. The summed E-state index contributed by atoms with van der Waals surface area (Å²) in [5.41, 5.74) is 5.59. The maximum absolute atomic E-state index is 5.59. The molecule has 2 rings (SSSR count). The molecule has 0 spiro atoms. The fourth-order valence-electron chi connectivity index (χ4n) is 2.74. The van der Waals surface area contributed by atoms with Crippen LogP contribution in [0.5, 0.6) is 0 Å². The summed E-state index contributed by atoms with van der Waals surface area (Å²) in [7, 11) is 2.21. The standard InChI is InChI=1S/C11H23N3/c1-13-8-11(9-13)14-6-3-10(2-5-12)4-7-14/h10-11H,2-9,12H2,1H3. The summed E-state index contributed by atoms with van der Waals surface area (Å²) < 4.78 is 0. The molecule has 2 saturated heterocycles. The summed E-state index contributed by atoms with van der Waals surface area (Å²) in [4.78, 5) is 5.07. The molecule has 0 aromatic rings. The molecule has 3 nitrogen and oxygen atoms in total. The third-order valence-corrected chi connectivity index (χ3v) is 3.79. The quantitative estimate of drug-likeness (QED) is 0.709. The van der Waals surface area contributed by atoms with Crippen LogP contribution in [0.15, 0.2) is 0 Å². The number of hydrogen-bond acceptors (Lipinski definition) is 3. The first-order valence-electron chi connectivity index (χ1n) is 5.92. The zero-order valence-electron chi connectivity index (χ0n) is 9.28. The van der Waals surface area contributed by atoms with Gasteiger partial charge in [-0.1, -0.05) is 0 Å². The minimum Gasteiger partial charge on any atom is -0.330 e. The van der Waals surface area contributed by atoms with Crippen LogP contribution in [0.1, 0.15) is 19.3 Å². The Morgan fingerprint density at radius 1 is 1.21 bits per heavy atom. The fourth-order valence-corrected chi connectivity index (χ4v) is 2.74. The highest BCUT2D eigenvalue weighted by molar-refractivity contribution is 4.88. The second kappa shape index (κ2) is 4.60. The number of nitrogens with zero attached hydrogens (tertiary/aromatic N) is 2. The van der Waals surface area contributed by atoms with Crippen LogP contribution in [0.25, 0.3) is 0 Å². The lowest BCUT2D eigenvalue weighted by Gasteiger charge is -2.46. The van der Waals surface area contributed by atoms with Crippen molar-refractivity contribution in [3.05, 3.63) is 0 Å². The highest BCUT2D eigenvalue weighted by atomic mass is 15.3. The Hall–Kier alpha value is -0.120. The number of nitrogens with two attached hydrogens (primary N) is 1. The van der Waals surface area contributed by atoms with Crippen molar-refractivity contribution in [2.45, 2.75) is 25.3 Å². The summed E-state index contributed by atoms with van der Waals surface area (Å²) in [6.07, 6.45) is 3.98. The van der Waals surface area contributed by atoms with Gasteiger partial charge in [0.05, 0.1) is 0 Å². The Balaban J connectivity index is 1.68. The molecule has 2 N–H and O–H groups in total. The number of likely N-dealkylation sites (tertiary alicyclic amines) is 2. The van der Waals surface area contributed by atoms with Gasteiger partial charge in [0.25, 0.3) is 0 Å². The Morgan fingerprint density at radius 2 is 1.86 bits per heavy atom. The summed E-state index contributed by atoms with van der Waals surface area (Å²) in [5.74, 6) is 0.911. The smallest absolute Gasteiger partial charge is 0.0350 e. The van der Waals surface area contributed by atoms with Crippen LogP contribution in [0.2, 0.25) is 0 Å². The van der Waals surface area contributed by atoms with Gasteiger partial charge in [-0.15, -0.1) is 0 Å². The van der Waals surface area contributed by atoms with Crippen LogP contribution in [0.4, 0.5) is 0 Å². The molecule has 0 amide bonds. The van der Waals surface area contributed by atoms with E-state index >= 15 is 0 Å². The Kier molecular flexibility index (Phi) is 3.42. The summed E-state index contributed by atoms with van der Waals surface area (Å²) in [6.45, 7) is 6.05. The van der Waals surface area contributed by atoms with Gasteiger partial charge in [0.1, 0.15) is 0 Å². The molecule has 0 aliphatic carbocycles. The van der Waals surface area contributed by atoms with E-state index in [9.17, 15) is 0 Å². The Morgan fingerprint density at radius 3 is 2.36 bits per heavy atom. The molecular weight excluding hydrogens is 174 g/mol. The van der Waals surface area contributed by atoms with Crippen LogP contribution in [0.3, 0.4) is 0 Å². The van der Waals surface area contributed by atoms with E-state index in [0.29, 0.717) is 0 Å². The van der Waals surface area contributed by atoms with Gasteiger partial charge >= 0.3 is 0 Å². The van der Waals surface area contributed by atoms with Crippen molar-refractivity contribution < 1.29 is 0 Å². The average Bonchev–Trinajstić information content (AvgIpc) is 2.15. The van der Waals surface area contributed by atoms with Crippen LogP contribution < -0.4 is 5.73 Å². The lowest BCUT2D eigenvalue weighted by Crippen LogP contribution is -2.59. The first kappa shape index (κ1) is 10.4. The second-order valence-electron chi connectivity index (χ2n) is 4.93. The van der Waals surface area contributed by atoms with Crippen molar-refractivity contribution in [1.29, 1.82) is 0 Å². The van der Waals surface area contributed by atoms with Crippen LogP contribution in [-0.4, -0.2) is 55.6 Å². The van der Waals surface area contributed by atoms with E-state index in [4.69, 9.17) is 5.73 Å². The van der Waals surface area contributed by atoms with Crippen molar-refractivity contribution >= 4 is 0 Å². The molecule has 0 atom stereocenters. The number of likely N-dealkylation sites (N-methyl/N-ethyl adjacent to an activating group) is 1. The molecule has 14 heavy (non-hydrogen) atoms. The number of rotatable bonds is 3. The van der Waals surface area contributed by atoms with Gasteiger partial charge in [0.2, 0.25) is 0 Å². The minimum atomic E-state index is 0.860. The monoisotopic (exact) mass is 197 g/mol. The van der Waals surface area contributed by atoms with Gasteiger partial charge in [0, 0.05) is 19.1 Å². The maximum atomic E-state index is 5.59. The largest absolute Gasteiger partial charge is 0.330 e. The highest BCUT2D eigenvalue weighted by Gasteiger charge is 2.31. The third-order valence-electron chi connectivity index (χ3n) is 3.79. The predicted octanol–water partition coefficient (Wildman–Crippen LogP) is 0.361. The molecule has 82 valence electrons. The van der Waals surface area contributed by atoms with E-state index in [0.717, 1.165) is 18.5 Å². The molecule has 2 aliphatic rings. The normalized spacial score (nSPS) is 27.9. The van der Waals surface area contributed by atoms with Crippen molar-refractivity contribution in [1.82, 2.24) is 9.80 Å². The predicted molar refractivity (Wildman–Crippen MR) is 59.3 cm³/mol. The van der Waals surface area contributed by atoms with Crippen molar-refractivity contribution in [3.63, 3.8) is 0 Å². The Labute approximate surface area is 87.2 Å². The SMILES string of the molecule is CN1CC(N2CCC(CCN)CC2)C1. The molecule has 0 aromatic heterocycles. The van der Waals surface area contributed by atoms with Gasteiger partial charge in [-0.05, 0) is 51.9 Å². The van der Waals surface area contributed by atoms with E-state index in [1.165, 1.54) is 45.4 Å². The van der Waals surface area contributed by atoms with E-state index in [1.807, 2.05) is 0 Å².